The molecule has 2 aliphatic rings. The zero-order valence-electron chi connectivity index (χ0n) is 24.8. The Bertz CT molecular complexity index is 1470. The number of primary amides is 1. The number of hydrogen-bond acceptors (Lipinski definition) is 9. The van der Waals surface area contributed by atoms with Gasteiger partial charge in [0.15, 0.2) is 6.61 Å². The molecule has 222 valence electrons. The number of methoxy groups -OCH3 is 1. The van der Waals surface area contributed by atoms with Crippen LogP contribution in [0, 0.1) is 0 Å². The van der Waals surface area contributed by atoms with Crippen molar-refractivity contribution in [2.45, 2.75) is 57.7 Å². The number of nitrogens with one attached hydrogen (secondary N) is 3. The fourth-order valence-electron chi connectivity index (χ4n) is 6.06. The van der Waals surface area contributed by atoms with Gasteiger partial charge in [0.25, 0.3) is 5.91 Å². The van der Waals surface area contributed by atoms with Crippen molar-refractivity contribution >= 4 is 35.0 Å². The van der Waals surface area contributed by atoms with Crippen molar-refractivity contribution in [3.8, 4) is 16.9 Å². The molecule has 0 unspecified atom stereocenters. The molecule has 0 bridgehead atoms. The van der Waals surface area contributed by atoms with E-state index >= 15 is 0 Å². The molecule has 2 aliphatic heterocycles. The zero-order valence-corrected chi connectivity index (χ0v) is 24.8. The van der Waals surface area contributed by atoms with E-state index in [0.29, 0.717) is 47.6 Å². The fourth-order valence-corrected chi connectivity index (χ4v) is 6.06. The van der Waals surface area contributed by atoms with E-state index in [1.54, 1.807) is 36.4 Å². The monoisotopic (exact) mass is 573 g/mol. The van der Waals surface area contributed by atoms with E-state index in [1.807, 2.05) is 24.3 Å². The molecular weight excluding hydrogens is 534 g/mol. The number of hydrogen-bond donors (Lipinski definition) is 4. The Labute approximate surface area is 246 Å². The molecule has 11 nitrogen and oxygen atoms in total. The van der Waals surface area contributed by atoms with Gasteiger partial charge in [0, 0.05) is 59.9 Å². The summed E-state index contributed by atoms with van der Waals surface area (Å²) in [6, 6.07) is 12.8. The van der Waals surface area contributed by atoms with Gasteiger partial charge in [-0.2, -0.15) is 4.98 Å². The van der Waals surface area contributed by atoms with Gasteiger partial charge >= 0.3 is 0 Å². The van der Waals surface area contributed by atoms with Gasteiger partial charge in [0.05, 0.1) is 12.3 Å². The highest BCUT2D eigenvalue weighted by atomic mass is 16.5. The molecule has 1 saturated heterocycles. The summed E-state index contributed by atoms with van der Waals surface area (Å²) >= 11 is 0. The van der Waals surface area contributed by atoms with E-state index in [4.69, 9.17) is 20.2 Å². The van der Waals surface area contributed by atoms with Crippen molar-refractivity contribution in [3.63, 3.8) is 0 Å². The van der Waals surface area contributed by atoms with Crippen LogP contribution < -0.4 is 31.3 Å². The normalized spacial score (nSPS) is 17.7. The number of aromatic nitrogens is 2. The lowest BCUT2D eigenvalue weighted by atomic mass is 9.79. The number of nitrogens with zero attached hydrogens (tertiary/aromatic N) is 3. The van der Waals surface area contributed by atoms with E-state index in [0.717, 1.165) is 24.0 Å². The molecular formula is C31H39N7O4. The van der Waals surface area contributed by atoms with E-state index in [-0.39, 0.29) is 29.6 Å². The van der Waals surface area contributed by atoms with Gasteiger partial charge in [-0.3, -0.25) is 9.59 Å². The van der Waals surface area contributed by atoms with Gasteiger partial charge in [-0.15, -0.1) is 0 Å². The smallest absolute Gasteiger partial charge is 0.265 e. The van der Waals surface area contributed by atoms with Crippen molar-refractivity contribution in [3.05, 3.63) is 54.2 Å². The molecule has 0 radical (unpaired) electrons. The fraction of sp³-hybridized carbons (Fsp3) is 0.419. The molecule has 0 spiro atoms. The Kier molecular flexibility index (Phi) is 8.07. The number of amides is 2. The highest BCUT2D eigenvalue weighted by Gasteiger charge is 2.38. The third-order valence-electron chi connectivity index (χ3n) is 7.46. The number of fused-ring (bicyclic) bond motifs is 1. The lowest BCUT2D eigenvalue weighted by Crippen LogP contribution is -2.60. The van der Waals surface area contributed by atoms with Crippen molar-refractivity contribution in [2.75, 3.05) is 42.4 Å². The number of rotatable bonds is 9. The summed E-state index contributed by atoms with van der Waals surface area (Å²) in [5, 5.41) is 10.7. The Morgan fingerprint density at radius 1 is 1.17 bits per heavy atom. The third kappa shape index (κ3) is 6.63. The van der Waals surface area contributed by atoms with Crippen molar-refractivity contribution < 1.29 is 19.1 Å². The number of anilines is 4. The number of carbonyl (C=O) groups is 2. The number of ether oxygens (including phenoxy) is 2. The summed E-state index contributed by atoms with van der Waals surface area (Å²) in [4.78, 5) is 35.5. The molecule has 0 aliphatic carbocycles. The highest BCUT2D eigenvalue weighted by molar-refractivity contribution is 5.98. The zero-order chi connectivity index (χ0) is 30.1. The largest absolute Gasteiger partial charge is 0.481 e. The van der Waals surface area contributed by atoms with Crippen LogP contribution in [-0.2, 0) is 9.53 Å². The lowest BCUT2D eigenvalue weighted by molar-refractivity contribution is -0.121. The first-order valence-corrected chi connectivity index (χ1v) is 14.1. The topological polar surface area (TPSA) is 144 Å². The van der Waals surface area contributed by atoms with Crippen LogP contribution in [0.25, 0.3) is 11.1 Å². The molecule has 1 fully saturated rings. The predicted octanol–water partition coefficient (Wildman–Crippen LogP) is 4.08. The molecule has 3 heterocycles. The van der Waals surface area contributed by atoms with Crippen molar-refractivity contribution in [1.82, 2.24) is 15.3 Å². The summed E-state index contributed by atoms with van der Waals surface area (Å²) in [7, 11) is 1.61. The maximum atomic E-state index is 12.4. The summed E-state index contributed by atoms with van der Waals surface area (Å²) in [6.45, 7) is 9.65. The standard InChI is InChI=1S/C31H39N7O4/c1-30(2)15-22(16-31(3,4)37-30)34-28-23(19-7-6-8-20(13-19)27(32)40)17-33-29(36-28)35-21-9-10-24-25(14-21)42-18-26(39)38(24)11-12-41-5/h6-10,13-14,17,22,37H,11-12,15-16,18H2,1-5H3,(H2,32,40)(H2,33,34,35,36). The van der Waals surface area contributed by atoms with Gasteiger partial charge in [-0.1, -0.05) is 12.1 Å². The number of piperidine rings is 1. The second-order valence-electron chi connectivity index (χ2n) is 12.2. The Hall–Kier alpha value is -4.22. The maximum Gasteiger partial charge on any atom is 0.265 e. The molecule has 2 amide bonds. The van der Waals surface area contributed by atoms with E-state index < -0.39 is 5.91 Å². The lowest BCUT2D eigenvalue weighted by Gasteiger charge is -2.46. The minimum Gasteiger partial charge on any atom is -0.481 e. The SMILES string of the molecule is COCCN1C(=O)COc2cc(Nc3ncc(-c4cccc(C(N)=O)c4)c(NC4CC(C)(C)NC(C)(C)C4)n3)ccc21. The molecule has 5 rings (SSSR count). The van der Waals surface area contributed by atoms with Crippen LogP contribution in [-0.4, -0.2) is 65.8 Å². The molecule has 1 aromatic heterocycles. The minimum atomic E-state index is -0.496. The molecule has 0 saturated carbocycles. The van der Waals surface area contributed by atoms with Gasteiger partial charge in [0.1, 0.15) is 11.6 Å². The van der Waals surface area contributed by atoms with E-state index in [1.165, 1.54) is 0 Å². The van der Waals surface area contributed by atoms with Crippen LogP contribution in [0.3, 0.4) is 0 Å². The summed E-state index contributed by atoms with van der Waals surface area (Å²) in [5.41, 5.74) is 8.80. The van der Waals surface area contributed by atoms with E-state index in [2.05, 4.69) is 48.6 Å². The number of nitrogens with two attached hydrogens (primary N) is 1. The van der Waals surface area contributed by atoms with Gasteiger partial charge in [-0.25, -0.2) is 4.98 Å². The van der Waals surface area contributed by atoms with Crippen LogP contribution in [0.4, 0.5) is 23.1 Å². The molecule has 5 N–H and O–H groups in total. The summed E-state index contributed by atoms with van der Waals surface area (Å²) in [5.74, 6) is 1.03. The molecule has 2 aromatic carbocycles. The highest BCUT2D eigenvalue weighted by Crippen LogP contribution is 2.37. The van der Waals surface area contributed by atoms with Crippen molar-refractivity contribution in [2.24, 2.45) is 5.73 Å². The first-order valence-electron chi connectivity index (χ1n) is 14.1. The predicted molar refractivity (Wildman–Crippen MR) is 163 cm³/mol. The minimum absolute atomic E-state index is 0.0350. The van der Waals surface area contributed by atoms with Crippen LogP contribution >= 0.6 is 0 Å². The van der Waals surface area contributed by atoms with E-state index in [9.17, 15) is 9.59 Å². The quantitative estimate of drug-likeness (QED) is 0.298. The third-order valence-corrected chi connectivity index (χ3v) is 7.46. The van der Waals surface area contributed by atoms with Gasteiger partial charge in [0.2, 0.25) is 11.9 Å². The maximum absolute atomic E-state index is 12.4. The van der Waals surface area contributed by atoms with Crippen LogP contribution in [0.1, 0.15) is 50.9 Å². The summed E-state index contributed by atoms with van der Waals surface area (Å²) in [6.07, 6.45) is 3.53. The number of benzene rings is 2. The summed E-state index contributed by atoms with van der Waals surface area (Å²) < 4.78 is 10.9. The Balaban J connectivity index is 1.47. The molecule has 42 heavy (non-hydrogen) atoms. The van der Waals surface area contributed by atoms with Crippen molar-refractivity contribution in [1.29, 1.82) is 0 Å². The number of carbonyl (C=O) groups excluding carboxylic acids is 2. The molecule has 11 heteroatoms. The van der Waals surface area contributed by atoms with Crippen LogP contribution in [0.2, 0.25) is 0 Å². The Morgan fingerprint density at radius 2 is 1.93 bits per heavy atom. The second kappa shape index (κ2) is 11.6. The van der Waals surface area contributed by atoms with Gasteiger partial charge < -0.3 is 36.1 Å². The second-order valence-corrected chi connectivity index (χ2v) is 12.2. The first-order chi connectivity index (χ1) is 19.9. The van der Waals surface area contributed by atoms with Gasteiger partial charge in [-0.05, 0) is 70.4 Å². The average molecular weight is 574 g/mol. The first kappa shape index (κ1) is 29.3. The average Bonchev–Trinajstić information content (AvgIpc) is 2.91. The molecule has 0 atom stereocenters. The Morgan fingerprint density at radius 3 is 2.64 bits per heavy atom. The van der Waals surface area contributed by atoms with Crippen LogP contribution in [0.5, 0.6) is 5.75 Å². The van der Waals surface area contributed by atoms with Crippen LogP contribution in [0.15, 0.2) is 48.7 Å². The molecule has 3 aromatic rings.